The quantitative estimate of drug-likeness (QED) is 0.728. The zero-order chi connectivity index (χ0) is 18.8. The van der Waals surface area contributed by atoms with Crippen molar-refractivity contribution in [2.45, 2.75) is 63.0 Å². The number of hydrogen-bond donors (Lipinski definition) is 1. The minimum Gasteiger partial charge on any atom is -0.322 e. The van der Waals surface area contributed by atoms with Gasteiger partial charge in [0.25, 0.3) is 0 Å². The summed E-state index contributed by atoms with van der Waals surface area (Å²) in [6, 6.07) is 0.431. The van der Waals surface area contributed by atoms with Gasteiger partial charge in [-0.05, 0) is 39.0 Å². The first-order chi connectivity index (χ1) is 11.7. The van der Waals surface area contributed by atoms with Gasteiger partial charge in [0.2, 0.25) is 15.9 Å². The summed E-state index contributed by atoms with van der Waals surface area (Å²) >= 11 is 0. The summed E-state index contributed by atoms with van der Waals surface area (Å²) < 4.78 is 39.3. The number of carbonyl (C=O) groups is 1. The predicted molar refractivity (Wildman–Crippen MR) is 98.8 cm³/mol. The Morgan fingerprint density at radius 3 is 2.42 bits per heavy atom. The molecule has 0 aromatic heterocycles. The van der Waals surface area contributed by atoms with Crippen molar-refractivity contribution < 1.29 is 17.6 Å². The first kappa shape index (κ1) is 23.1. The molecule has 0 saturated carbocycles. The third-order valence-electron chi connectivity index (χ3n) is 5.12. The molecular weight excluding hydrogens is 383 g/mol. The molecule has 0 aliphatic carbocycles. The largest absolute Gasteiger partial charge is 0.322 e. The van der Waals surface area contributed by atoms with Crippen molar-refractivity contribution in [2.24, 2.45) is 11.7 Å². The van der Waals surface area contributed by atoms with Crippen molar-refractivity contribution >= 4 is 28.3 Å². The Kier molecular flexibility index (Phi) is 8.27. The fraction of sp³-hybridized carbons (Fsp3) is 0.875. The molecule has 0 aromatic carbocycles. The van der Waals surface area contributed by atoms with Crippen LogP contribution in [0.2, 0.25) is 0 Å². The SMILES string of the molecule is CC(C)S(=O)(=O)N1CCC(C[C@H](N)C(=O)N2C[C@@H](F)C[C@H]2C#N)CC1.Cl. The molecule has 0 aromatic rings. The molecule has 3 atom stereocenters. The molecule has 2 N–H and O–H groups in total. The van der Waals surface area contributed by atoms with E-state index in [2.05, 4.69) is 0 Å². The van der Waals surface area contributed by atoms with E-state index in [1.165, 1.54) is 9.21 Å². The minimum atomic E-state index is -3.25. The van der Waals surface area contributed by atoms with Crippen LogP contribution < -0.4 is 5.73 Å². The molecule has 2 fully saturated rings. The lowest BCUT2D eigenvalue weighted by atomic mass is 9.91. The van der Waals surface area contributed by atoms with Crippen LogP contribution in [0.15, 0.2) is 0 Å². The fourth-order valence-corrected chi connectivity index (χ4v) is 4.84. The number of nitriles is 1. The molecule has 0 bridgehead atoms. The normalized spacial score (nSPS) is 26.4. The Morgan fingerprint density at radius 2 is 1.92 bits per heavy atom. The van der Waals surface area contributed by atoms with Crippen molar-refractivity contribution in [3.8, 4) is 6.07 Å². The highest BCUT2D eigenvalue weighted by molar-refractivity contribution is 7.89. The number of nitrogens with two attached hydrogens (primary N) is 1. The van der Waals surface area contributed by atoms with Crippen LogP contribution in [-0.2, 0) is 14.8 Å². The first-order valence-electron chi connectivity index (χ1n) is 8.75. The maximum Gasteiger partial charge on any atom is 0.240 e. The van der Waals surface area contributed by atoms with Crippen LogP contribution in [0.25, 0.3) is 0 Å². The van der Waals surface area contributed by atoms with Crippen LogP contribution >= 0.6 is 12.4 Å². The van der Waals surface area contributed by atoms with Crippen LogP contribution in [0, 0.1) is 17.2 Å². The second-order valence-corrected chi connectivity index (χ2v) is 9.74. The van der Waals surface area contributed by atoms with E-state index in [9.17, 15) is 17.6 Å². The summed E-state index contributed by atoms with van der Waals surface area (Å²) in [6.07, 6.45) is 0.603. The molecule has 1 amide bonds. The number of amides is 1. The molecular formula is C16H28ClFN4O3S. The van der Waals surface area contributed by atoms with Crippen LogP contribution in [0.5, 0.6) is 0 Å². The Balaban J connectivity index is 0.00000338. The average Bonchev–Trinajstić information content (AvgIpc) is 2.95. The van der Waals surface area contributed by atoms with E-state index in [1.54, 1.807) is 13.8 Å². The van der Waals surface area contributed by atoms with Crippen molar-refractivity contribution in [2.75, 3.05) is 19.6 Å². The van der Waals surface area contributed by atoms with Crippen molar-refractivity contribution in [1.82, 2.24) is 9.21 Å². The Hall–Kier alpha value is -0.950. The maximum absolute atomic E-state index is 13.5. The van der Waals surface area contributed by atoms with Gasteiger partial charge >= 0.3 is 0 Å². The van der Waals surface area contributed by atoms with Crippen molar-refractivity contribution in [3.05, 3.63) is 0 Å². The lowest BCUT2D eigenvalue weighted by molar-refractivity contribution is -0.133. The monoisotopic (exact) mass is 410 g/mol. The summed E-state index contributed by atoms with van der Waals surface area (Å²) in [5, 5.41) is 8.60. The zero-order valence-electron chi connectivity index (χ0n) is 15.2. The Morgan fingerprint density at radius 1 is 1.35 bits per heavy atom. The number of nitrogens with zero attached hydrogens (tertiary/aromatic N) is 3. The number of rotatable bonds is 5. The van der Waals surface area contributed by atoms with Crippen molar-refractivity contribution in [1.29, 1.82) is 5.26 Å². The molecule has 150 valence electrons. The maximum atomic E-state index is 13.5. The van der Waals surface area contributed by atoms with Crippen LogP contribution in [0.3, 0.4) is 0 Å². The van der Waals surface area contributed by atoms with Gasteiger partial charge in [-0.25, -0.2) is 17.1 Å². The summed E-state index contributed by atoms with van der Waals surface area (Å²) in [7, 11) is -3.25. The second kappa shape index (κ2) is 9.31. The van der Waals surface area contributed by atoms with E-state index in [0.29, 0.717) is 32.4 Å². The van der Waals surface area contributed by atoms with Gasteiger partial charge in [-0.15, -0.1) is 12.4 Å². The van der Waals surface area contributed by atoms with E-state index in [1.807, 2.05) is 6.07 Å². The van der Waals surface area contributed by atoms with Gasteiger partial charge in [0, 0.05) is 19.5 Å². The molecule has 26 heavy (non-hydrogen) atoms. The van der Waals surface area contributed by atoms with E-state index in [0.717, 1.165) is 0 Å². The highest BCUT2D eigenvalue weighted by atomic mass is 35.5. The third-order valence-corrected chi connectivity index (χ3v) is 7.39. The highest BCUT2D eigenvalue weighted by Gasteiger charge is 2.38. The van der Waals surface area contributed by atoms with Gasteiger partial charge < -0.3 is 10.6 Å². The number of sulfonamides is 1. The van der Waals surface area contributed by atoms with Gasteiger partial charge in [-0.1, -0.05) is 0 Å². The van der Waals surface area contributed by atoms with Crippen LogP contribution in [0.4, 0.5) is 4.39 Å². The molecule has 0 spiro atoms. The number of carbonyl (C=O) groups excluding carboxylic acids is 1. The molecule has 2 aliphatic rings. The standard InChI is InChI=1S/C16H27FN4O3S.ClH/c1-11(2)25(23,24)20-5-3-12(4-6-20)7-15(19)16(22)21-10-13(17)8-14(21)9-18;/h11-15H,3-8,10,19H2,1-2H3;1H/t13-,14-,15-;/m0./s1. The lowest BCUT2D eigenvalue weighted by Crippen LogP contribution is -2.48. The Labute approximate surface area is 161 Å². The average molecular weight is 411 g/mol. The summed E-state index contributed by atoms with van der Waals surface area (Å²) in [6.45, 7) is 4.12. The highest BCUT2D eigenvalue weighted by Crippen LogP contribution is 2.26. The summed E-state index contributed by atoms with van der Waals surface area (Å²) in [5.74, 6) is -0.231. The summed E-state index contributed by atoms with van der Waals surface area (Å²) in [5.41, 5.74) is 6.00. The van der Waals surface area contributed by atoms with E-state index < -0.39 is 33.5 Å². The molecule has 2 rings (SSSR count). The van der Waals surface area contributed by atoms with Gasteiger partial charge in [-0.3, -0.25) is 4.79 Å². The molecule has 2 saturated heterocycles. The van der Waals surface area contributed by atoms with Gasteiger partial charge in [-0.2, -0.15) is 5.26 Å². The van der Waals surface area contributed by atoms with Gasteiger partial charge in [0.15, 0.2) is 0 Å². The molecule has 10 heteroatoms. The number of piperidine rings is 1. The van der Waals surface area contributed by atoms with E-state index >= 15 is 0 Å². The third kappa shape index (κ3) is 5.06. The first-order valence-corrected chi connectivity index (χ1v) is 10.3. The zero-order valence-corrected chi connectivity index (χ0v) is 16.8. The van der Waals surface area contributed by atoms with Gasteiger partial charge in [0.05, 0.1) is 23.9 Å². The number of halogens is 2. The fourth-order valence-electron chi connectivity index (χ4n) is 3.52. The van der Waals surface area contributed by atoms with E-state index in [4.69, 9.17) is 11.0 Å². The van der Waals surface area contributed by atoms with Crippen molar-refractivity contribution in [3.63, 3.8) is 0 Å². The Bertz CT molecular complexity index is 632. The van der Waals surface area contributed by atoms with E-state index in [-0.39, 0.29) is 37.2 Å². The number of hydrogen-bond acceptors (Lipinski definition) is 5. The smallest absolute Gasteiger partial charge is 0.240 e. The van der Waals surface area contributed by atoms with Gasteiger partial charge in [0.1, 0.15) is 12.2 Å². The summed E-state index contributed by atoms with van der Waals surface area (Å²) in [4.78, 5) is 13.7. The van der Waals surface area contributed by atoms with Crippen LogP contribution in [0.1, 0.15) is 39.5 Å². The molecule has 0 unspecified atom stereocenters. The minimum absolute atomic E-state index is 0. The topological polar surface area (TPSA) is 108 Å². The second-order valence-electron chi connectivity index (χ2n) is 7.25. The van der Waals surface area contributed by atoms with Crippen LogP contribution in [-0.4, -0.2) is 66.7 Å². The molecule has 7 nitrogen and oxygen atoms in total. The molecule has 0 radical (unpaired) electrons. The molecule has 2 heterocycles. The number of alkyl halides is 1. The lowest BCUT2D eigenvalue weighted by Gasteiger charge is -2.33. The predicted octanol–water partition coefficient (Wildman–Crippen LogP) is 1.04. The molecule has 2 aliphatic heterocycles. The number of likely N-dealkylation sites (tertiary alicyclic amines) is 1.